The Hall–Kier alpha value is 0.650. The number of nitrogens with one attached hydrogen (secondary N) is 1. The first-order chi connectivity index (χ1) is 5.24. The lowest BCUT2D eigenvalue weighted by Gasteiger charge is -2.33. The molecule has 1 N–H and O–H groups in total. The zero-order valence-corrected chi connectivity index (χ0v) is 9.47. The van der Waals surface area contributed by atoms with Gasteiger partial charge in [0.1, 0.15) is 0 Å². The van der Waals surface area contributed by atoms with Crippen molar-refractivity contribution in [3.8, 4) is 0 Å². The highest BCUT2D eigenvalue weighted by atomic mass is 127. The van der Waals surface area contributed by atoms with Gasteiger partial charge in [0.15, 0.2) is 0 Å². The van der Waals surface area contributed by atoms with Crippen LogP contribution in [0.4, 0.5) is 0 Å². The molecule has 1 aliphatic rings. The molecule has 0 aliphatic carbocycles. The van der Waals surface area contributed by atoms with Gasteiger partial charge in [0.2, 0.25) is 0 Å². The van der Waals surface area contributed by atoms with Gasteiger partial charge in [0.05, 0.1) is 0 Å². The van der Waals surface area contributed by atoms with E-state index >= 15 is 0 Å². The van der Waals surface area contributed by atoms with E-state index in [0.29, 0.717) is 0 Å². The van der Waals surface area contributed by atoms with Crippen LogP contribution in [0.5, 0.6) is 0 Å². The quantitative estimate of drug-likeness (QED) is 0.610. The molecule has 1 saturated heterocycles. The van der Waals surface area contributed by atoms with Gasteiger partial charge in [-0.1, -0.05) is 13.8 Å². The number of hydrogen-bond donors (Lipinski definition) is 1. The van der Waals surface area contributed by atoms with Crippen LogP contribution in [0.15, 0.2) is 0 Å². The molecule has 0 aromatic carbocycles. The van der Waals surface area contributed by atoms with Gasteiger partial charge in [-0.25, -0.2) is 5.01 Å². The smallest absolute Gasteiger partial charge is 0.0336 e. The molecule has 0 amide bonds. The van der Waals surface area contributed by atoms with E-state index in [1.807, 2.05) is 0 Å². The fourth-order valence-electron chi connectivity index (χ4n) is 1.63. The largest absolute Gasteiger partial charge is 0.235 e. The van der Waals surface area contributed by atoms with Gasteiger partial charge in [-0.2, -0.15) is 3.64 Å². The molecule has 0 saturated carbocycles. The van der Waals surface area contributed by atoms with Crippen molar-refractivity contribution < 1.29 is 0 Å². The Kier molecular flexibility index (Phi) is 4.09. The summed E-state index contributed by atoms with van der Waals surface area (Å²) in [5.74, 6) is 1.73. The van der Waals surface area contributed by atoms with Crippen molar-refractivity contribution in [3.63, 3.8) is 0 Å². The molecular weight excluding hydrogens is 251 g/mol. The molecule has 0 radical (unpaired) electrons. The number of piperidine rings is 1. The van der Waals surface area contributed by atoms with E-state index in [1.165, 1.54) is 25.9 Å². The third-order valence-corrected chi connectivity index (χ3v) is 3.20. The van der Waals surface area contributed by atoms with Crippen LogP contribution in [-0.2, 0) is 0 Å². The average Bonchev–Trinajstić information content (AvgIpc) is 2.05. The second kappa shape index (κ2) is 4.62. The highest BCUT2D eigenvalue weighted by Crippen LogP contribution is 2.22. The van der Waals surface area contributed by atoms with Crippen molar-refractivity contribution in [2.75, 3.05) is 13.1 Å². The van der Waals surface area contributed by atoms with Crippen LogP contribution in [-0.4, -0.2) is 18.1 Å². The first-order valence-corrected chi connectivity index (χ1v) is 5.43. The van der Waals surface area contributed by atoms with Gasteiger partial charge >= 0.3 is 0 Å². The normalized spacial score (nSPS) is 27.8. The highest BCUT2D eigenvalue weighted by molar-refractivity contribution is 14.1. The minimum absolute atomic E-state index is 0.836. The summed E-state index contributed by atoms with van der Waals surface area (Å²) in [6.45, 7) is 7.08. The fraction of sp³-hybridized carbons (Fsp3) is 1.00. The van der Waals surface area contributed by atoms with E-state index in [0.717, 1.165) is 11.8 Å². The van der Waals surface area contributed by atoms with E-state index < -0.39 is 0 Å². The molecular formula is C8H17IN2. The van der Waals surface area contributed by atoms with E-state index in [-0.39, 0.29) is 0 Å². The first kappa shape index (κ1) is 9.74. The summed E-state index contributed by atoms with van der Waals surface area (Å²) in [6, 6.07) is 0. The number of hydrazine groups is 1. The summed E-state index contributed by atoms with van der Waals surface area (Å²) in [4.78, 5) is 0. The van der Waals surface area contributed by atoms with Crippen LogP contribution in [0.2, 0.25) is 0 Å². The summed E-state index contributed by atoms with van der Waals surface area (Å²) in [5.41, 5.74) is 0. The molecule has 2 nitrogen and oxygen atoms in total. The molecule has 0 aromatic heterocycles. The molecule has 3 heteroatoms. The number of rotatable bonds is 2. The molecule has 1 heterocycles. The Morgan fingerprint density at radius 2 is 2.27 bits per heavy atom. The van der Waals surface area contributed by atoms with Gasteiger partial charge < -0.3 is 0 Å². The lowest BCUT2D eigenvalue weighted by molar-refractivity contribution is 0.136. The first-order valence-electron chi connectivity index (χ1n) is 4.35. The molecule has 1 unspecified atom stereocenters. The third kappa shape index (κ3) is 2.87. The maximum absolute atomic E-state index is 3.19. The number of hydrogen-bond acceptors (Lipinski definition) is 2. The second-order valence-electron chi connectivity index (χ2n) is 3.68. The molecule has 0 aromatic rings. The third-order valence-electron chi connectivity index (χ3n) is 2.52. The maximum Gasteiger partial charge on any atom is 0.0336 e. The Balaban J connectivity index is 2.33. The summed E-state index contributed by atoms with van der Waals surface area (Å²) in [7, 11) is 0. The minimum Gasteiger partial charge on any atom is -0.235 e. The molecule has 1 atom stereocenters. The lowest BCUT2D eigenvalue weighted by atomic mass is 9.89. The average molecular weight is 268 g/mol. The minimum atomic E-state index is 0.836. The summed E-state index contributed by atoms with van der Waals surface area (Å²) >= 11 is 2.22. The monoisotopic (exact) mass is 268 g/mol. The van der Waals surface area contributed by atoms with Gasteiger partial charge in [-0.3, -0.25) is 0 Å². The molecule has 1 rings (SSSR count). The Morgan fingerprint density at radius 1 is 1.55 bits per heavy atom. The zero-order valence-electron chi connectivity index (χ0n) is 7.31. The van der Waals surface area contributed by atoms with Gasteiger partial charge in [-0.05, 0) is 24.7 Å². The van der Waals surface area contributed by atoms with Crippen molar-refractivity contribution in [1.29, 1.82) is 0 Å². The fourth-order valence-corrected chi connectivity index (χ4v) is 2.07. The van der Waals surface area contributed by atoms with E-state index in [1.54, 1.807) is 0 Å². The van der Waals surface area contributed by atoms with Crippen LogP contribution in [0.1, 0.15) is 26.7 Å². The number of nitrogens with zero attached hydrogens (tertiary/aromatic N) is 1. The van der Waals surface area contributed by atoms with E-state index in [2.05, 4.69) is 45.4 Å². The van der Waals surface area contributed by atoms with Crippen LogP contribution in [0.3, 0.4) is 0 Å². The van der Waals surface area contributed by atoms with Gasteiger partial charge in [-0.15, -0.1) is 0 Å². The van der Waals surface area contributed by atoms with Crippen LogP contribution in [0.25, 0.3) is 0 Å². The molecule has 0 spiro atoms. The van der Waals surface area contributed by atoms with Gasteiger partial charge in [0.25, 0.3) is 0 Å². The Labute approximate surface area is 83.2 Å². The van der Waals surface area contributed by atoms with E-state index in [4.69, 9.17) is 0 Å². The summed E-state index contributed by atoms with van der Waals surface area (Å²) < 4.78 is 3.19. The number of halogens is 1. The Morgan fingerprint density at radius 3 is 2.82 bits per heavy atom. The predicted molar refractivity (Wildman–Crippen MR) is 56.3 cm³/mol. The standard InChI is InChI=1S/C8H17IN2/c1-7(2)8-4-3-5-11(6-8)10-9/h7-8,10H,3-6H2,1-2H3. The summed E-state index contributed by atoms with van der Waals surface area (Å²) in [5, 5.41) is 2.31. The second-order valence-corrected chi connectivity index (χ2v) is 4.16. The SMILES string of the molecule is CC(C)C1CCCN(NI)C1. The molecule has 1 aliphatic heterocycles. The van der Waals surface area contributed by atoms with Gasteiger partial charge in [0, 0.05) is 36.0 Å². The van der Waals surface area contributed by atoms with Crippen LogP contribution < -0.4 is 3.64 Å². The van der Waals surface area contributed by atoms with Crippen LogP contribution in [0, 0.1) is 11.8 Å². The van der Waals surface area contributed by atoms with Crippen molar-refractivity contribution in [2.24, 2.45) is 11.8 Å². The summed E-state index contributed by atoms with van der Waals surface area (Å²) in [6.07, 6.45) is 2.76. The molecule has 66 valence electrons. The van der Waals surface area contributed by atoms with Crippen molar-refractivity contribution >= 4 is 22.9 Å². The topological polar surface area (TPSA) is 15.3 Å². The van der Waals surface area contributed by atoms with Crippen molar-refractivity contribution in [3.05, 3.63) is 0 Å². The predicted octanol–water partition coefficient (Wildman–Crippen LogP) is 2.21. The maximum atomic E-state index is 3.19. The van der Waals surface area contributed by atoms with Crippen LogP contribution >= 0.6 is 22.9 Å². The zero-order chi connectivity index (χ0) is 8.27. The van der Waals surface area contributed by atoms with E-state index in [9.17, 15) is 0 Å². The van der Waals surface area contributed by atoms with Crippen molar-refractivity contribution in [2.45, 2.75) is 26.7 Å². The lowest BCUT2D eigenvalue weighted by Crippen LogP contribution is -2.41. The molecule has 0 bridgehead atoms. The Bertz CT molecular complexity index is 117. The molecule has 1 fully saturated rings. The van der Waals surface area contributed by atoms with Crippen molar-refractivity contribution in [1.82, 2.24) is 8.65 Å². The molecule has 11 heavy (non-hydrogen) atoms. The highest BCUT2D eigenvalue weighted by Gasteiger charge is 2.21.